The largest absolute Gasteiger partial charge is 0.366 e. The molecule has 6 nitrogen and oxygen atoms in total. The number of allylic oxidation sites excluding steroid dienone is 7. The molecule has 0 radical (unpaired) electrons. The second-order valence-electron chi connectivity index (χ2n) is 6.71. The number of hydrogen-bond donors (Lipinski definition) is 2. The fourth-order valence-electron chi connectivity index (χ4n) is 3.90. The first kappa shape index (κ1) is 18.2. The van der Waals surface area contributed by atoms with Crippen molar-refractivity contribution in [2.45, 2.75) is 25.7 Å². The first-order valence-corrected chi connectivity index (χ1v) is 8.53. The standard InChI is InChI=1S/C21H19N5O/c1-13-16(11-22)19(17(12-23)14(2)26-13)21(18-7-3-4-9-25-18)8-5-6-15(10-21)20(24)27/h3-9,19,26H,10H2,1-2H3,(H2,24,27). The molecule has 1 amide bonds. The van der Waals surface area contributed by atoms with Crippen molar-refractivity contribution in [3.8, 4) is 12.1 Å². The van der Waals surface area contributed by atoms with Crippen LogP contribution in [0.5, 0.6) is 0 Å². The van der Waals surface area contributed by atoms with Gasteiger partial charge in [-0.3, -0.25) is 9.78 Å². The van der Waals surface area contributed by atoms with E-state index in [-0.39, 0.29) is 6.42 Å². The predicted octanol–water partition coefficient (Wildman–Crippen LogP) is 2.51. The molecule has 0 saturated heterocycles. The van der Waals surface area contributed by atoms with E-state index in [9.17, 15) is 15.3 Å². The molecule has 1 atom stereocenters. The average Bonchev–Trinajstić information content (AvgIpc) is 2.68. The molecule has 1 aromatic heterocycles. The van der Waals surface area contributed by atoms with Gasteiger partial charge in [0.1, 0.15) is 0 Å². The van der Waals surface area contributed by atoms with Gasteiger partial charge in [-0.2, -0.15) is 10.5 Å². The van der Waals surface area contributed by atoms with Crippen molar-refractivity contribution in [2.75, 3.05) is 0 Å². The maximum absolute atomic E-state index is 11.9. The van der Waals surface area contributed by atoms with E-state index in [1.807, 2.05) is 32.1 Å². The van der Waals surface area contributed by atoms with E-state index in [1.54, 1.807) is 24.4 Å². The van der Waals surface area contributed by atoms with Crippen molar-refractivity contribution in [1.82, 2.24) is 10.3 Å². The normalized spacial score (nSPS) is 22.6. The summed E-state index contributed by atoms with van der Waals surface area (Å²) in [6.45, 7) is 3.62. The lowest BCUT2D eigenvalue weighted by molar-refractivity contribution is -0.114. The van der Waals surface area contributed by atoms with Crippen LogP contribution in [0.4, 0.5) is 0 Å². The number of nitrogens with one attached hydrogen (secondary N) is 1. The van der Waals surface area contributed by atoms with Gasteiger partial charge >= 0.3 is 0 Å². The first-order valence-electron chi connectivity index (χ1n) is 8.53. The number of aromatic nitrogens is 1. The van der Waals surface area contributed by atoms with E-state index < -0.39 is 17.2 Å². The zero-order valence-electron chi connectivity index (χ0n) is 15.2. The van der Waals surface area contributed by atoms with Crippen LogP contribution in [0.25, 0.3) is 0 Å². The van der Waals surface area contributed by atoms with Gasteiger partial charge in [0.15, 0.2) is 0 Å². The van der Waals surface area contributed by atoms with E-state index in [2.05, 4.69) is 22.4 Å². The summed E-state index contributed by atoms with van der Waals surface area (Å²) in [5.41, 5.74) is 8.11. The van der Waals surface area contributed by atoms with Crippen LogP contribution in [0.1, 0.15) is 26.0 Å². The Kier molecular flexibility index (Phi) is 4.66. The summed E-state index contributed by atoms with van der Waals surface area (Å²) in [5.74, 6) is -1.09. The number of amides is 1. The molecule has 0 spiro atoms. The molecular weight excluding hydrogens is 338 g/mol. The van der Waals surface area contributed by atoms with Crippen LogP contribution in [-0.2, 0) is 10.2 Å². The van der Waals surface area contributed by atoms with Crippen LogP contribution in [0.15, 0.2) is 70.7 Å². The second-order valence-corrected chi connectivity index (χ2v) is 6.71. The number of primary amides is 1. The molecule has 0 bridgehead atoms. The molecule has 1 aliphatic heterocycles. The number of pyridine rings is 1. The van der Waals surface area contributed by atoms with Crippen LogP contribution in [-0.4, -0.2) is 10.9 Å². The lowest BCUT2D eigenvalue weighted by Crippen LogP contribution is -2.42. The molecule has 2 aliphatic rings. The Bertz CT molecular complexity index is 965. The number of carbonyl (C=O) groups is 1. The molecule has 3 N–H and O–H groups in total. The number of dihydropyridines is 1. The molecule has 1 aliphatic carbocycles. The molecule has 3 rings (SSSR count). The van der Waals surface area contributed by atoms with E-state index in [0.717, 1.165) is 0 Å². The minimum absolute atomic E-state index is 0.261. The predicted molar refractivity (Wildman–Crippen MR) is 100 cm³/mol. The van der Waals surface area contributed by atoms with Gasteiger partial charge in [-0.15, -0.1) is 0 Å². The van der Waals surface area contributed by atoms with Gasteiger partial charge in [-0.1, -0.05) is 24.3 Å². The Labute approximate surface area is 158 Å². The summed E-state index contributed by atoms with van der Waals surface area (Å²) in [4.78, 5) is 16.4. The number of hydrogen-bond acceptors (Lipinski definition) is 5. The van der Waals surface area contributed by atoms with Crippen molar-refractivity contribution in [3.63, 3.8) is 0 Å². The van der Waals surface area contributed by atoms with Crippen molar-refractivity contribution in [1.29, 1.82) is 10.5 Å². The highest BCUT2D eigenvalue weighted by atomic mass is 16.1. The zero-order valence-corrected chi connectivity index (χ0v) is 15.2. The van der Waals surface area contributed by atoms with Crippen LogP contribution in [0.2, 0.25) is 0 Å². The highest BCUT2D eigenvalue weighted by Crippen LogP contribution is 2.49. The molecule has 0 aromatic carbocycles. The number of nitrogens with two attached hydrogens (primary N) is 1. The number of nitrogens with zero attached hydrogens (tertiary/aromatic N) is 3. The lowest BCUT2D eigenvalue weighted by Gasteiger charge is -2.42. The molecule has 1 unspecified atom stereocenters. The third-order valence-electron chi connectivity index (χ3n) is 5.15. The van der Waals surface area contributed by atoms with E-state index >= 15 is 0 Å². The van der Waals surface area contributed by atoms with Crippen LogP contribution in [0, 0.1) is 28.6 Å². The SMILES string of the molecule is CC1=C(C#N)C(C2(c3ccccn3)C=CC=C(C(N)=O)C2)C(C#N)=C(C)N1. The lowest BCUT2D eigenvalue weighted by atomic mass is 9.61. The van der Waals surface area contributed by atoms with Crippen molar-refractivity contribution in [2.24, 2.45) is 11.7 Å². The number of carbonyl (C=O) groups excluding carboxylic acids is 1. The molecular formula is C21H19N5O. The van der Waals surface area contributed by atoms with Crippen molar-refractivity contribution < 1.29 is 4.79 Å². The molecule has 6 heteroatoms. The van der Waals surface area contributed by atoms with E-state index in [0.29, 0.717) is 33.8 Å². The Morgan fingerprint density at radius 1 is 1.26 bits per heavy atom. The Hall–Kier alpha value is -3.64. The Balaban J connectivity index is 2.32. The summed E-state index contributed by atoms with van der Waals surface area (Å²) < 4.78 is 0. The van der Waals surface area contributed by atoms with Gasteiger partial charge < -0.3 is 11.1 Å². The third-order valence-corrected chi connectivity index (χ3v) is 5.15. The quantitative estimate of drug-likeness (QED) is 0.862. The van der Waals surface area contributed by atoms with Gasteiger partial charge in [-0.05, 0) is 32.4 Å². The third kappa shape index (κ3) is 2.92. The molecule has 27 heavy (non-hydrogen) atoms. The molecule has 134 valence electrons. The molecule has 2 heterocycles. The molecule has 0 fully saturated rings. The van der Waals surface area contributed by atoms with Gasteiger partial charge in [0.05, 0.1) is 29.0 Å². The first-order chi connectivity index (χ1) is 12.9. The fourth-order valence-corrected chi connectivity index (χ4v) is 3.90. The van der Waals surface area contributed by atoms with Gasteiger partial charge in [0.2, 0.25) is 5.91 Å². The number of nitriles is 2. The number of rotatable bonds is 3. The summed E-state index contributed by atoms with van der Waals surface area (Å²) in [5, 5.41) is 22.9. The van der Waals surface area contributed by atoms with Crippen molar-refractivity contribution >= 4 is 5.91 Å². The fraction of sp³-hybridized carbons (Fsp3) is 0.238. The van der Waals surface area contributed by atoms with E-state index in [4.69, 9.17) is 5.73 Å². The maximum Gasteiger partial charge on any atom is 0.244 e. The van der Waals surface area contributed by atoms with Gasteiger partial charge in [0.25, 0.3) is 0 Å². The van der Waals surface area contributed by atoms with Crippen LogP contribution in [0.3, 0.4) is 0 Å². The summed E-state index contributed by atoms with van der Waals surface area (Å²) in [6.07, 6.45) is 7.29. The zero-order chi connectivity index (χ0) is 19.6. The van der Waals surface area contributed by atoms with Gasteiger partial charge in [0, 0.05) is 34.5 Å². The second kappa shape index (κ2) is 6.93. The monoisotopic (exact) mass is 357 g/mol. The highest BCUT2D eigenvalue weighted by Gasteiger charge is 2.48. The topological polar surface area (TPSA) is 116 Å². The Morgan fingerprint density at radius 2 is 1.93 bits per heavy atom. The average molecular weight is 357 g/mol. The summed E-state index contributed by atoms with van der Waals surface area (Å²) >= 11 is 0. The summed E-state index contributed by atoms with van der Waals surface area (Å²) in [7, 11) is 0. The van der Waals surface area contributed by atoms with Crippen molar-refractivity contribution in [3.05, 3.63) is 76.4 Å². The highest BCUT2D eigenvalue weighted by molar-refractivity contribution is 5.93. The maximum atomic E-state index is 11.9. The molecule has 1 aromatic rings. The minimum atomic E-state index is -0.860. The molecule has 0 saturated carbocycles. The summed E-state index contributed by atoms with van der Waals surface area (Å²) in [6, 6.07) is 10.0. The Morgan fingerprint density at radius 3 is 2.44 bits per heavy atom. The van der Waals surface area contributed by atoms with Gasteiger partial charge in [-0.25, -0.2) is 0 Å². The minimum Gasteiger partial charge on any atom is -0.366 e. The van der Waals surface area contributed by atoms with Crippen LogP contribution < -0.4 is 11.1 Å². The smallest absolute Gasteiger partial charge is 0.244 e. The van der Waals surface area contributed by atoms with E-state index in [1.165, 1.54) is 0 Å². The van der Waals surface area contributed by atoms with Crippen LogP contribution >= 0.6 is 0 Å².